The van der Waals surface area contributed by atoms with E-state index in [-0.39, 0.29) is 24.3 Å². The molecule has 0 heterocycles. The standard InChI is InChI=1S/C18H20N2O2/c1-13(15-8-4-3-5-9-15)20-18(22)12-19-17-11-7-6-10-16(17)14(2)21/h3-11,13,19H,12H2,1-2H3,(H,20,22)/t13-/m0/s1. The highest BCUT2D eigenvalue weighted by Crippen LogP contribution is 2.15. The van der Waals surface area contributed by atoms with Crippen LogP contribution in [-0.4, -0.2) is 18.2 Å². The summed E-state index contributed by atoms with van der Waals surface area (Å²) in [5.74, 6) is -0.143. The number of benzene rings is 2. The van der Waals surface area contributed by atoms with Gasteiger partial charge in [0, 0.05) is 11.3 Å². The Hall–Kier alpha value is -2.62. The van der Waals surface area contributed by atoms with Crippen LogP contribution in [0, 0.1) is 0 Å². The molecule has 2 N–H and O–H groups in total. The van der Waals surface area contributed by atoms with Crippen LogP contribution in [0.3, 0.4) is 0 Å². The lowest BCUT2D eigenvalue weighted by Gasteiger charge is -2.15. The second-order valence-electron chi connectivity index (χ2n) is 5.16. The Morgan fingerprint density at radius 2 is 1.64 bits per heavy atom. The summed E-state index contributed by atoms with van der Waals surface area (Å²) in [7, 11) is 0. The summed E-state index contributed by atoms with van der Waals surface area (Å²) >= 11 is 0. The van der Waals surface area contributed by atoms with Crippen molar-refractivity contribution in [3.8, 4) is 0 Å². The summed E-state index contributed by atoms with van der Waals surface area (Å²) in [5.41, 5.74) is 2.32. The highest BCUT2D eigenvalue weighted by atomic mass is 16.2. The van der Waals surface area contributed by atoms with Gasteiger partial charge in [-0.15, -0.1) is 0 Å². The minimum atomic E-state index is -0.116. The van der Waals surface area contributed by atoms with E-state index in [2.05, 4.69) is 10.6 Å². The molecule has 4 nitrogen and oxygen atoms in total. The monoisotopic (exact) mass is 296 g/mol. The SMILES string of the molecule is CC(=O)c1ccccc1NCC(=O)N[C@@H](C)c1ccccc1. The molecule has 0 fully saturated rings. The zero-order valence-electron chi connectivity index (χ0n) is 12.8. The fourth-order valence-corrected chi connectivity index (χ4v) is 2.24. The Balaban J connectivity index is 1.92. The van der Waals surface area contributed by atoms with Crippen molar-refractivity contribution in [1.82, 2.24) is 5.32 Å². The fourth-order valence-electron chi connectivity index (χ4n) is 2.24. The van der Waals surface area contributed by atoms with Crippen LogP contribution in [-0.2, 0) is 4.79 Å². The van der Waals surface area contributed by atoms with Gasteiger partial charge in [0.05, 0.1) is 12.6 Å². The average molecular weight is 296 g/mol. The van der Waals surface area contributed by atoms with Crippen molar-refractivity contribution in [2.75, 3.05) is 11.9 Å². The molecule has 0 spiro atoms. The van der Waals surface area contributed by atoms with Gasteiger partial charge < -0.3 is 10.6 Å². The molecule has 0 radical (unpaired) electrons. The van der Waals surface area contributed by atoms with Crippen LogP contribution in [0.15, 0.2) is 54.6 Å². The van der Waals surface area contributed by atoms with Crippen LogP contribution in [0.1, 0.15) is 35.8 Å². The normalized spacial score (nSPS) is 11.5. The Morgan fingerprint density at radius 1 is 1.00 bits per heavy atom. The number of hydrogen-bond acceptors (Lipinski definition) is 3. The van der Waals surface area contributed by atoms with E-state index in [4.69, 9.17) is 0 Å². The second-order valence-corrected chi connectivity index (χ2v) is 5.16. The summed E-state index contributed by atoms with van der Waals surface area (Å²) in [6, 6.07) is 16.9. The van der Waals surface area contributed by atoms with Crippen LogP contribution in [0.4, 0.5) is 5.69 Å². The lowest BCUT2D eigenvalue weighted by molar-refractivity contribution is -0.120. The largest absolute Gasteiger partial charge is 0.376 e. The van der Waals surface area contributed by atoms with Gasteiger partial charge in [0.2, 0.25) is 5.91 Å². The number of anilines is 1. The van der Waals surface area contributed by atoms with Gasteiger partial charge in [-0.2, -0.15) is 0 Å². The molecule has 0 aliphatic rings. The molecule has 1 atom stereocenters. The summed E-state index contributed by atoms with van der Waals surface area (Å²) in [4.78, 5) is 23.6. The minimum Gasteiger partial charge on any atom is -0.376 e. The summed E-state index contributed by atoms with van der Waals surface area (Å²) in [5, 5.41) is 5.95. The van der Waals surface area contributed by atoms with Crippen molar-refractivity contribution >= 4 is 17.4 Å². The van der Waals surface area contributed by atoms with Gasteiger partial charge in [0.1, 0.15) is 0 Å². The third-order valence-corrected chi connectivity index (χ3v) is 3.42. The molecular formula is C18H20N2O2. The smallest absolute Gasteiger partial charge is 0.239 e. The van der Waals surface area contributed by atoms with Gasteiger partial charge >= 0.3 is 0 Å². The van der Waals surface area contributed by atoms with E-state index in [1.165, 1.54) is 6.92 Å². The number of carbonyl (C=O) groups is 2. The number of hydrogen-bond donors (Lipinski definition) is 2. The maximum atomic E-state index is 12.0. The molecule has 0 aromatic heterocycles. The third kappa shape index (κ3) is 4.19. The van der Waals surface area contributed by atoms with Gasteiger partial charge in [-0.3, -0.25) is 9.59 Å². The predicted molar refractivity (Wildman–Crippen MR) is 87.9 cm³/mol. The highest BCUT2D eigenvalue weighted by Gasteiger charge is 2.10. The molecule has 0 saturated carbocycles. The molecule has 0 saturated heterocycles. The molecule has 4 heteroatoms. The quantitative estimate of drug-likeness (QED) is 0.805. The number of nitrogens with one attached hydrogen (secondary N) is 2. The summed E-state index contributed by atoms with van der Waals surface area (Å²) < 4.78 is 0. The number of Topliss-reactive ketones (excluding diaryl/α,β-unsaturated/α-hetero) is 1. The molecule has 0 aliphatic carbocycles. The molecular weight excluding hydrogens is 276 g/mol. The zero-order valence-corrected chi connectivity index (χ0v) is 12.8. The molecule has 2 aromatic carbocycles. The van der Waals surface area contributed by atoms with Gasteiger partial charge in [-0.05, 0) is 31.5 Å². The van der Waals surface area contributed by atoms with E-state index < -0.39 is 0 Å². The molecule has 0 unspecified atom stereocenters. The van der Waals surface area contributed by atoms with Crippen molar-refractivity contribution in [3.05, 3.63) is 65.7 Å². The van der Waals surface area contributed by atoms with Gasteiger partial charge in [-0.25, -0.2) is 0 Å². The molecule has 2 aromatic rings. The van der Waals surface area contributed by atoms with E-state index in [1.54, 1.807) is 18.2 Å². The first-order valence-corrected chi connectivity index (χ1v) is 7.26. The van der Waals surface area contributed by atoms with Crippen molar-refractivity contribution in [1.29, 1.82) is 0 Å². The van der Waals surface area contributed by atoms with Crippen LogP contribution >= 0.6 is 0 Å². The van der Waals surface area contributed by atoms with Gasteiger partial charge in [0.25, 0.3) is 0 Å². The van der Waals surface area contributed by atoms with Crippen LogP contribution < -0.4 is 10.6 Å². The predicted octanol–water partition coefficient (Wildman–Crippen LogP) is 3.18. The van der Waals surface area contributed by atoms with Crippen molar-refractivity contribution in [2.24, 2.45) is 0 Å². The maximum Gasteiger partial charge on any atom is 0.239 e. The van der Waals surface area contributed by atoms with Crippen molar-refractivity contribution in [2.45, 2.75) is 19.9 Å². The molecule has 22 heavy (non-hydrogen) atoms. The molecule has 2 rings (SSSR count). The van der Waals surface area contributed by atoms with Crippen molar-refractivity contribution in [3.63, 3.8) is 0 Å². The highest BCUT2D eigenvalue weighted by molar-refractivity contribution is 6.00. The molecule has 1 amide bonds. The Kier molecular flexibility index (Phi) is 5.31. The van der Waals surface area contributed by atoms with Crippen LogP contribution in [0.5, 0.6) is 0 Å². The van der Waals surface area contributed by atoms with Crippen LogP contribution in [0.25, 0.3) is 0 Å². The van der Waals surface area contributed by atoms with Gasteiger partial charge in [-0.1, -0.05) is 42.5 Å². The van der Waals surface area contributed by atoms with E-state index in [1.807, 2.05) is 43.3 Å². The number of para-hydroxylation sites is 1. The van der Waals surface area contributed by atoms with E-state index in [9.17, 15) is 9.59 Å². The Morgan fingerprint density at radius 3 is 2.32 bits per heavy atom. The van der Waals surface area contributed by atoms with E-state index >= 15 is 0 Å². The Bertz CT molecular complexity index is 653. The van der Waals surface area contributed by atoms with E-state index in [0.29, 0.717) is 11.3 Å². The van der Waals surface area contributed by atoms with Gasteiger partial charge in [0.15, 0.2) is 5.78 Å². The number of ketones is 1. The number of carbonyl (C=O) groups excluding carboxylic acids is 2. The Labute approximate surface area is 130 Å². The summed E-state index contributed by atoms with van der Waals surface area (Å²) in [6.45, 7) is 3.58. The maximum absolute atomic E-state index is 12.0. The van der Waals surface area contributed by atoms with Crippen molar-refractivity contribution < 1.29 is 9.59 Å². The fraction of sp³-hybridized carbons (Fsp3) is 0.222. The number of rotatable bonds is 6. The lowest BCUT2D eigenvalue weighted by Crippen LogP contribution is -2.32. The van der Waals surface area contributed by atoms with E-state index in [0.717, 1.165) is 5.56 Å². The molecule has 0 bridgehead atoms. The number of amides is 1. The average Bonchev–Trinajstić information content (AvgIpc) is 2.54. The molecule has 0 aliphatic heterocycles. The van der Waals surface area contributed by atoms with Crippen LogP contribution in [0.2, 0.25) is 0 Å². The summed E-state index contributed by atoms with van der Waals surface area (Å²) in [6.07, 6.45) is 0. The first-order valence-electron chi connectivity index (χ1n) is 7.26. The first kappa shape index (κ1) is 15.8. The first-order chi connectivity index (χ1) is 10.6. The zero-order chi connectivity index (χ0) is 15.9. The topological polar surface area (TPSA) is 58.2 Å². The minimum absolute atomic E-state index is 0.0267. The third-order valence-electron chi connectivity index (χ3n) is 3.42. The molecule has 114 valence electrons. The lowest BCUT2D eigenvalue weighted by atomic mass is 10.1. The second kappa shape index (κ2) is 7.41.